The largest absolute Gasteiger partial charge is 0.349 e. The summed E-state index contributed by atoms with van der Waals surface area (Å²) in [5, 5.41) is 2.69. The van der Waals surface area contributed by atoms with Crippen LogP contribution in [-0.4, -0.2) is 37.8 Å². The monoisotopic (exact) mass is 456 g/mol. The van der Waals surface area contributed by atoms with Crippen molar-refractivity contribution in [1.82, 2.24) is 9.62 Å². The Hall–Kier alpha value is -2.03. The number of halogens is 3. The van der Waals surface area contributed by atoms with Crippen LogP contribution in [0.2, 0.25) is 5.02 Å². The number of amides is 1. The first-order valence-corrected chi connectivity index (χ1v) is 11.6. The lowest BCUT2D eigenvalue weighted by atomic mass is 10.1. The van der Waals surface area contributed by atoms with Gasteiger partial charge in [-0.1, -0.05) is 24.1 Å². The lowest BCUT2D eigenvalue weighted by Crippen LogP contribution is -2.36. The summed E-state index contributed by atoms with van der Waals surface area (Å²) in [6, 6.07) is 7.04. The Kier molecular flexibility index (Phi) is 7.10. The van der Waals surface area contributed by atoms with E-state index in [1.165, 1.54) is 28.6 Å². The third-order valence-electron chi connectivity index (χ3n) is 5.08. The topological polar surface area (TPSA) is 66.5 Å². The molecule has 5 nitrogen and oxygen atoms in total. The molecule has 0 saturated carbocycles. The molecule has 3 rings (SSSR count). The van der Waals surface area contributed by atoms with Crippen molar-refractivity contribution in [2.24, 2.45) is 0 Å². The van der Waals surface area contributed by atoms with Gasteiger partial charge in [0.1, 0.15) is 16.5 Å². The van der Waals surface area contributed by atoms with Crippen molar-refractivity contribution in [1.29, 1.82) is 0 Å². The first-order valence-electron chi connectivity index (χ1n) is 9.73. The molecule has 0 aromatic heterocycles. The molecule has 2 aromatic carbocycles. The van der Waals surface area contributed by atoms with E-state index >= 15 is 0 Å². The van der Waals surface area contributed by atoms with E-state index < -0.39 is 33.6 Å². The number of carbonyl (C=O) groups is 1. The summed E-state index contributed by atoms with van der Waals surface area (Å²) in [6.07, 6.45) is 2.49. The van der Waals surface area contributed by atoms with Gasteiger partial charge in [0.05, 0.1) is 5.02 Å². The maximum absolute atomic E-state index is 13.8. The number of hydrogen-bond acceptors (Lipinski definition) is 3. The molecule has 30 heavy (non-hydrogen) atoms. The molecule has 1 saturated heterocycles. The van der Waals surface area contributed by atoms with Crippen molar-refractivity contribution >= 4 is 27.5 Å². The Morgan fingerprint density at radius 1 is 1.13 bits per heavy atom. The fourth-order valence-electron chi connectivity index (χ4n) is 3.48. The minimum atomic E-state index is -3.81. The third-order valence-corrected chi connectivity index (χ3v) is 7.46. The molecule has 1 N–H and O–H groups in total. The number of nitrogens with zero attached hydrogens (tertiary/aromatic N) is 1. The number of carbonyl (C=O) groups excluding carboxylic acids is 1. The van der Waals surface area contributed by atoms with Crippen LogP contribution < -0.4 is 5.32 Å². The van der Waals surface area contributed by atoms with Gasteiger partial charge in [-0.15, -0.1) is 0 Å². The molecule has 1 heterocycles. The van der Waals surface area contributed by atoms with Crippen LogP contribution in [0, 0.1) is 11.6 Å². The quantitative estimate of drug-likeness (QED) is 0.710. The van der Waals surface area contributed by atoms with Crippen molar-refractivity contribution in [3.05, 3.63) is 64.2 Å². The van der Waals surface area contributed by atoms with Crippen molar-refractivity contribution in [3.63, 3.8) is 0 Å². The molecule has 0 spiro atoms. The molecule has 162 valence electrons. The van der Waals surface area contributed by atoms with Crippen LogP contribution in [0.4, 0.5) is 8.78 Å². The molecule has 2 aromatic rings. The van der Waals surface area contributed by atoms with Gasteiger partial charge in [-0.05, 0) is 56.5 Å². The molecule has 1 fully saturated rings. The lowest BCUT2D eigenvalue weighted by molar-refractivity contribution is 0.0939. The number of nitrogens with one attached hydrogen (secondary N) is 1. The molecule has 1 aliphatic rings. The van der Waals surface area contributed by atoms with E-state index in [2.05, 4.69) is 5.32 Å². The van der Waals surface area contributed by atoms with Gasteiger partial charge >= 0.3 is 0 Å². The second kappa shape index (κ2) is 9.41. The van der Waals surface area contributed by atoms with Crippen LogP contribution in [0.1, 0.15) is 42.1 Å². The predicted molar refractivity (Wildman–Crippen MR) is 111 cm³/mol. The molecule has 1 unspecified atom stereocenters. The van der Waals surface area contributed by atoms with E-state index in [0.717, 1.165) is 31.4 Å². The highest BCUT2D eigenvalue weighted by molar-refractivity contribution is 7.89. The SMILES string of the molecule is CC(Cc1c(F)cccc1F)NC(=O)c1ccc(Cl)c(S(=O)(=O)N2CCCCC2)c1. The van der Waals surface area contributed by atoms with Gasteiger partial charge in [-0.2, -0.15) is 4.31 Å². The average molecular weight is 457 g/mol. The van der Waals surface area contributed by atoms with Crippen LogP contribution in [0.3, 0.4) is 0 Å². The van der Waals surface area contributed by atoms with Gasteiger partial charge in [0.15, 0.2) is 0 Å². The Labute approximate surface area is 180 Å². The van der Waals surface area contributed by atoms with Gasteiger partial charge in [-0.3, -0.25) is 4.79 Å². The van der Waals surface area contributed by atoms with Crippen molar-refractivity contribution in [2.75, 3.05) is 13.1 Å². The summed E-state index contributed by atoms with van der Waals surface area (Å²) < 4.78 is 54.9. The maximum Gasteiger partial charge on any atom is 0.251 e. The second-order valence-corrected chi connectivity index (χ2v) is 9.70. The number of sulfonamides is 1. The zero-order valence-electron chi connectivity index (χ0n) is 16.5. The Balaban J connectivity index is 1.77. The molecular weight excluding hydrogens is 434 g/mol. The molecular formula is C21H23ClF2N2O3S. The third kappa shape index (κ3) is 4.99. The van der Waals surface area contributed by atoms with Gasteiger partial charge in [-0.25, -0.2) is 17.2 Å². The maximum atomic E-state index is 13.8. The van der Waals surface area contributed by atoms with Gasteiger partial charge in [0.2, 0.25) is 10.0 Å². The molecule has 1 aliphatic heterocycles. The Morgan fingerprint density at radius 3 is 2.40 bits per heavy atom. The molecule has 0 radical (unpaired) electrons. The van der Waals surface area contributed by atoms with E-state index in [0.29, 0.717) is 13.1 Å². The summed E-state index contributed by atoms with van der Waals surface area (Å²) in [5.74, 6) is -1.92. The summed E-state index contributed by atoms with van der Waals surface area (Å²) in [5.41, 5.74) is -0.00869. The summed E-state index contributed by atoms with van der Waals surface area (Å²) >= 11 is 6.13. The van der Waals surface area contributed by atoms with Crippen LogP contribution in [0.25, 0.3) is 0 Å². The van der Waals surface area contributed by atoms with E-state index in [1.54, 1.807) is 6.92 Å². The van der Waals surface area contributed by atoms with E-state index in [4.69, 9.17) is 11.6 Å². The smallest absolute Gasteiger partial charge is 0.251 e. The van der Waals surface area contributed by atoms with Gasteiger partial charge in [0, 0.05) is 30.3 Å². The number of rotatable bonds is 6. The number of benzene rings is 2. The standard InChI is InChI=1S/C21H23ClF2N2O3S/c1-14(12-16-18(23)6-5-7-19(16)24)25-21(27)15-8-9-17(22)20(13-15)30(28,29)26-10-3-2-4-11-26/h5-9,13-14H,2-4,10-12H2,1H3,(H,25,27). The first-order chi connectivity index (χ1) is 14.2. The van der Waals surface area contributed by atoms with Crippen LogP contribution in [0.15, 0.2) is 41.3 Å². The highest BCUT2D eigenvalue weighted by Crippen LogP contribution is 2.28. The number of hydrogen-bond donors (Lipinski definition) is 1. The molecule has 1 atom stereocenters. The van der Waals surface area contributed by atoms with E-state index in [1.807, 2.05) is 0 Å². The molecule has 0 bridgehead atoms. The van der Waals surface area contributed by atoms with Crippen molar-refractivity contribution in [2.45, 2.75) is 43.5 Å². The minimum Gasteiger partial charge on any atom is -0.349 e. The van der Waals surface area contributed by atoms with Crippen LogP contribution >= 0.6 is 11.6 Å². The Morgan fingerprint density at radius 2 is 1.77 bits per heavy atom. The van der Waals surface area contributed by atoms with Crippen LogP contribution in [-0.2, 0) is 16.4 Å². The summed E-state index contributed by atoms with van der Waals surface area (Å²) in [7, 11) is -3.81. The Bertz CT molecular complexity index is 1020. The van der Waals surface area contributed by atoms with Gasteiger partial charge < -0.3 is 5.32 Å². The second-order valence-electron chi connectivity index (χ2n) is 7.39. The van der Waals surface area contributed by atoms with Crippen LogP contribution in [0.5, 0.6) is 0 Å². The fourth-order valence-corrected chi connectivity index (χ4v) is 5.50. The van der Waals surface area contributed by atoms with Crippen molar-refractivity contribution in [3.8, 4) is 0 Å². The predicted octanol–water partition coefficient (Wildman–Crippen LogP) is 4.15. The van der Waals surface area contributed by atoms with E-state index in [-0.39, 0.29) is 27.5 Å². The van der Waals surface area contributed by atoms with Crippen molar-refractivity contribution < 1.29 is 22.0 Å². The molecule has 0 aliphatic carbocycles. The highest BCUT2D eigenvalue weighted by atomic mass is 35.5. The fraction of sp³-hybridized carbons (Fsp3) is 0.381. The molecule has 1 amide bonds. The van der Waals surface area contributed by atoms with E-state index in [9.17, 15) is 22.0 Å². The summed E-state index contributed by atoms with van der Waals surface area (Å²) in [4.78, 5) is 12.5. The number of piperidine rings is 1. The lowest BCUT2D eigenvalue weighted by Gasteiger charge is -2.26. The van der Waals surface area contributed by atoms with Gasteiger partial charge in [0.25, 0.3) is 5.91 Å². The zero-order valence-corrected chi connectivity index (χ0v) is 18.1. The average Bonchev–Trinajstić information content (AvgIpc) is 2.71. The summed E-state index contributed by atoms with van der Waals surface area (Å²) in [6.45, 7) is 2.45. The normalized spacial score (nSPS) is 16.3. The zero-order chi connectivity index (χ0) is 21.9. The molecule has 9 heteroatoms. The highest BCUT2D eigenvalue weighted by Gasteiger charge is 2.29. The minimum absolute atomic E-state index is 0.0404. The first kappa shape index (κ1) is 22.7.